The number of pyridine rings is 1. The standard InChI is InChI=1S/C21H24N4O4/c1-2-29-21(28)16-6-8-17(9-7-16)23-19(26)15-20(27)25-13-11-24(12-14-25)18-5-3-4-10-22-18/h3-10H,2,11-15H2,1H3,(H,23,26). The van der Waals surface area contributed by atoms with Crippen LogP contribution in [0.3, 0.4) is 0 Å². The van der Waals surface area contributed by atoms with Crippen molar-refractivity contribution >= 4 is 29.3 Å². The van der Waals surface area contributed by atoms with E-state index in [0.29, 0.717) is 44.0 Å². The summed E-state index contributed by atoms with van der Waals surface area (Å²) in [5, 5.41) is 2.69. The zero-order chi connectivity index (χ0) is 20.6. The Bertz CT molecular complexity index is 847. The molecule has 0 unspecified atom stereocenters. The Kier molecular flexibility index (Phi) is 6.78. The van der Waals surface area contributed by atoms with Crippen LogP contribution < -0.4 is 10.2 Å². The van der Waals surface area contributed by atoms with Crippen molar-refractivity contribution in [2.45, 2.75) is 13.3 Å². The van der Waals surface area contributed by atoms with Crippen LogP contribution in [0.5, 0.6) is 0 Å². The van der Waals surface area contributed by atoms with Gasteiger partial charge in [0.1, 0.15) is 12.2 Å². The molecular formula is C21H24N4O4. The molecule has 8 nitrogen and oxygen atoms in total. The lowest BCUT2D eigenvalue weighted by atomic mass is 10.2. The van der Waals surface area contributed by atoms with Crippen molar-refractivity contribution in [1.29, 1.82) is 0 Å². The minimum absolute atomic E-state index is 0.202. The van der Waals surface area contributed by atoms with Crippen LogP contribution in [0.2, 0.25) is 0 Å². The largest absolute Gasteiger partial charge is 0.462 e. The van der Waals surface area contributed by atoms with Crippen LogP contribution in [0.4, 0.5) is 11.5 Å². The smallest absolute Gasteiger partial charge is 0.338 e. The van der Waals surface area contributed by atoms with Crippen molar-refractivity contribution < 1.29 is 19.1 Å². The number of hydrogen-bond donors (Lipinski definition) is 1. The first-order valence-electron chi connectivity index (χ1n) is 9.57. The number of benzene rings is 1. The third kappa shape index (κ3) is 5.54. The number of carbonyl (C=O) groups excluding carboxylic acids is 3. The Morgan fingerprint density at radius 3 is 2.38 bits per heavy atom. The summed E-state index contributed by atoms with van der Waals surface area (Å²) in [6, 6.07) is 12.1. The highest BCUT2D eigenvalue weighted by Gasteiger charge is 2.23. The van der Waals surface area contributed by atoms with Gasteiger partial charge in [0.15, 0.2) is 0 Å². The van der Waals surface area contributed by atoms with E-state index in [0.717, 1.165) is 5.82 Å². The number of ether oxygens (including phenoxy) is 1. The molecule has 0 saturated carbocycles. The predicted molar refractivity (Wildman–Crippen MR) is 109 cm³/mol. The number of esters is 1. The molecule has 1 saturated heterocycles. The minimum atomic E-state index is -0.412. The van der Waals surface area contributed by atoms with E-state index in [9.17, 15) is 14.4 Å². The molecule has 152 valence electrons. The van der Waals surface area contributed by atoms with Crippen LogP contribution in [-0.4, -0.2) is 60.5 Å². The van der Waals surface area contributed by atoms with E-state index in [4.69, 9.17) is 4.74 Å². The summed E-state index contributed by atoms with van der Waals surface area (Å²) >= 11 is 0. The first kappa shape index (κ1) is 20.3. The lowest BCUT2D eigenvalue weighted by Gasteiger charge is -2.35. The highest BCUT2D eigenvalue weighted by atomic mass is 16.5. The fourth-order valence-corrected chi connectivity index (χ4v) is 3.08. The SMILES string of the molecule is CCOC(=O)c1ccc(NC(=O)CC(=O)N2CCN(c3ccccn3)CC2)cc1. The molecule has 1 aliphatic heterocycles. The van der Waals surface area contributed by atoms with Crippen molar-refractivity contribution in [3.63, 3.8) is 0 Å². The maximum Gasteiger partial charge on any atom is 0.338 e. The second-order valence-corrected chi connectivity index (χ2v) is 6.58. The molecule has 0 aliphatic carbocycles. The molecule has 8 heteroatoms. The quantitative estimate of drug-likeness (QED) is 0.593. The number of amides is 2. The van der Waals surface area contributed by atoms with Gasteiger partial charge in [-0.2, -0.15) is 0 Å². The molecule has 0 spiro atoms. The summed E-state index contributed by atoms with van der Waals surface area (Å²) in [7, 11) is 0. The number of nitrogens with zero attached hydrogens (tertiary/aromatic N) is 3. The number of nitrogens with one attached hydrogen (secondary N) is 1. The minimum Gasteiger partial charge on any atom is -0.462 e. The van der Waals surface area contributed by atoms with Gasteiger partial charge >= 0.3 is 5.97 Å². The van der Waals surface area contributed by atoms with Gasteiger partial charge in [0.2, 0.25) is 11.8 Å². The Morgan fingerprint density at radius 2 is 1.76 bits per heavy atom. The fraction of sp³-hybridized carbons (Fsp3) is 0.333. The molecule has 2 heterocycles. The van der Waals surface area contributed by atoms with Crippen molar-refractivity contribution in [3.05, 3.63) is 54.2 Å². The van der Waals surface area contributed by atoms with E-state index in [1.54, 1.807) is 42.3 Å². The zero-order valence-electron chi connectivity index (χ0n) is 16.3. The molecule has 0 bridgehead atoms. The van der Waals surface area contributed by atoms with Gasteiger partial charge in [0.25, 0.3) is 0 Å². The Labute approximate surface area is 169 Å². The van der Waals surface area contributed by atoms with Gasteiger partial charge in [-0.3, -0.25) is 9.59 Å². The molecule has 2 aromatic rings. The van der Waals surface area contributed by atoms with E-state index in [-0.39, 0.29) is 18.2 Å². The molecule has 1 aromatic heterocycles. The summed E-state index contributed by atoms with van der Waals surface area (Å²) in [5.74, 6) is -0.105. The normalized spacial score (nSPS) is 13.7. The van der Waals surface area contributed by atoms with E-state index >= 15 is 0 Å². The molecule has 29 heavy (non-hydrogen) atoms. The summed E-state index contributed by atoms with van der Waals surface area (Å²) in [5.41, 5.74) is 0.933. The first-order chi connectivity index (χ1) is 14.1. The van der Waals surface area contributed by atoms with E-state index in [1.165, 1.54) is 0 Å². The van der Waals surface area contributed by atoms with Gasteiger partial charge in [-0.05, 0) is 43.3 Å². The van der Waals surface area contributed by atoms with Crippen molar-refractivity contribution in [2.75, 3.05) is 43.0 Å². The predicted octanol–water partition coefficient (Wildman–Crippen LogP) is 1.94. The zero-order valence-corrected chi connectivity index (χ0v) is 16.3. The lowest BCUT2D eigenvalue weighted by molar-refractivity contribution is -0.134. The van der Waals surface area contributed by atoms with E-state index < -0.39 is 5.97 Å². The van der Waals surface area contributed by atoms with E-state index in [2.05, 4.69) is 15.2 Å². The van der Waals surface area contributed by atoms with Crippen LogP contribution >= 0.6 is 0 Å². The Morgan fingerprint density at radius 1 is 1.03 bits per heavy atom. The van der Waals surface area contributed by atoms with E-state index in [1.807, 2.05) is 18.2 Å². The molecule has 1 N–H and O–H groups in total. The second kappa shape index (κ2) is 9.68. The average molecular weight is 396 g/mol. The number of hydrogen-bond acceptors (Lipinski definition) is 6. The lowest BCUT2D eigenvalue weighted by Crippen LogP contribution is -2.49. The summed E-state index contributed by atoms with van der Waals surface area (Å²) in [4.78, 5) is 44.4. The molecule has 3 rings (SSSR count). The monoisotopic (exact) mass is 396 g/mol. The second-order valence-electron chi connectivity index (χ2n) is 6.58. The maximum atomic E-state index is 12.4. The van der Waals surface area contributed by atoms with Crippen LogP contribution in [0.25, 0.3) is 0 Å². The van der Waals surface area contributed by atoms with Crippen LogP contribution in [0.15, 0.2) is 48.7 Å². The first-order valence-corrected chi connectivity index (χ1v) is 9.57. The van der Waals surface area contributed by atoms with Gasteiger partial charge in [0, 0.05) is 38.1 Å². The topological polar surface area (TPSA) is 91.8 Å². The molecular weight excluding hydrogens is 372 g/mol. The van der Waals surface area contributed by atoms with Gasteiger partial charge in [-0.25, -0.2) is 9.78 Å². The van der Waals surface area contributed by atoms with Crippen LogP contribution in [0, 0.1) is 0 Å². The highest BCUT2D eigenvalue weighted by molar-refractivity contribution is 6.03. The Balaban J connectivity index is 1.46. The van der Waals surface area contributed by atoms with Gasteiger partial charge < -0.3 is 19.9 Å². The van der Waals surface area contributed by atoms with Crippen LogP contribution in [0.1, 0.15) is 23.7 Å². The molecule has 1 aromatic carbocycles. The summed E-state index contributed by atoms with van der Waals surface area (Å²) < 4.78 is 4.92. The molecule has 2 amide bonds. The highest BCUT2D eigenvalue weighted by Crippen LogP contribution is 2.14. The van der Waals surface area contributed by atoms with Crippen molar-refractivity contribution in [1.82, 2.24) is 9.88 Å². The summed E-state index contributed by atoms with van der Waals surface area (Å²) in [6.45, 7) is 4.50. The number of anilines is 2. The third-order valence-electron chi connectivity index (χ3n) is 4.60. The molecule has 1 fully saturated rings. The van der Waals surface area contributed by atoms with Gasteiger partial charge in [-0.15, -0.1) is 0 Å². The van der Waals surface area contributed by atoms with Crippen molar-refractivity contribution in [2.24, 2.45) is 0 Å². The number of rotatable bonds is 6. The average Bonchev–Trinajstić information content (AvgIpc) is 2.75. The molecule has 1 aliphatic rings. The maximum absolute atomic E-state index is 12.4. The van der Waals surface area contributed by atoms with Crippen molar-refractivity contribution in [3.8, 4) is 0 Å². The summed E-state index contributed by atoms with van der Waals surface area (Å²) in [6.07, 6.45) is 1.53. The third-order valence-corrected chi connectivity index (χ3v) is 4.60. The number of piperazine rings is 1. The number of aromatic nitrogens is 1. The van der Waals surface area contributed by atoms with Gasteiger partial charge in [-0.1, -0.05) is 6.07 Å². The fourth-order valence-electron chi connectivity index (χ4n) is 3.08. The van der Waals surface area contributed by atoms with Gasteiger partial charge in [0.05, 0.1) is 12.2 Å². The number of carbonyl (C=O) groups is 3. The molecule has 0 atom stereocenters. The van der Waals surface area contributed by atoms with Crippen LogP contribution in [-0.2, 0) is 14.3 Å². The molecule has 0 radical (unpaired) electrons. The Hall–Kier alpha value is -3.42.